The normalized spacial score (nSPS) is 24.5. The molecule has 1 aromatic heterocycles. The van der Waals surface area contributed by atoms with Gasteiger partial charge in [-0.05, 0) is 24.7 Å². The first-order valence-electron chi connectivity index (χ1n) is 6.08. The Morgan fingerprint density at radius 3 is 2.82 bits per heavy atom. The van der Waals surface area contributed by atoms with Gasteiger partial charge in [-0.3, -0.25) is 0 Å². The van der Waals surface area contributed by atoms with Gasteiger partial charge in [0.25, 0.3) is 0 Å². The minimum Gasteiger partial charge on any atom is -0.476 e. The molecule has 0 aliphatic heterocycles. The van der Waals surface area contributed by atoms with Gasteiger partial charge >= 0.3 is 5.97 Å². The molecular formula is C12H18N2O2S. The highest BCUT2D eigenvalue weighted by Gasteiger charge is 2.18. The van der Waals surface area contributed by atoms with Gasteiger partial charge in [-0.2, -0.15) is 0 Å². The summed E-state index contributed by atoms with van der Waals surface area (Å²) >= 11 is 1.36. The van der Waals surface area contributed by atoms with Crippen LogP contribution >= 0.6 is 11.3 Å². The summed E-state index contributed by atoms with van der Waals surface area (Å²) in [6, 6.07) is 0. The number of carboxylic acid groups (broad SMARTS) is 1. The highest BCUT2D eigenvalue weighted by molar-refractivity contribution is 7.13. The van der Waals surface area contributed by atoms with Crippen LogP contribution in [0.4, 0.5) is 5.13 Å². The van der Waals surface area contributed by atoms with Crippen molar-refractivity contribution >= 4 is 22.4 Å². The van der Waals surface area contributed by atoms with E-state index in [1.54, 1.807) is 5.38 Å². The third-order valence-corrected chi connectivity index (χ3v) is 4.20. The Labute approximate surface area is 105 Å². The van der Waals surface area contributed by atoms with Crippen molar-refractivity contribution in [1.29, 1.82) is 0 Å². The van der Waals surface area contributed by atoms with Crippen LogP contribution in [-0.2, 0) is 0 Å². The third kappa shape index (κ3) is 3.43. The standard InChI is InChI=1S/C12H18N2O2S/c1-8-2-4-9(5-3-8)6-13-12-14-10(7-17-12)11(15)16/h7-9H,2-6H2,1H3,(H,13,14)(H,15,16). The number of rotatable bonds is 4. The molecule has 0 amide bonds. The summed E-state index contributed by atoms with van der Waals surface area (Å²) < 4.78 is 0. The zero-order chi connectivity index (χ0) is 12.3. The summed E-state index contributed by atoms with van der Waals surface area (Å²) in [5.41, 5.74) is 0.134. The van der Waals surface area contributed by atoms with Gasteiger partial charge in [-0.15, -0.1) is 11.3 Å². The summed E-state index contributed by atoms with van der Waals surface area (Å²) in [5.74, 6) is 0.619. The number of thiazole rings is 1. The fraction of sp³-hybridized carbons (Fsp3) is 0.667. The predicted molar refractivity (Wildman–Crippen MR) is 68.7 cm³/mol. The van der Waals surface area contributed by atoms with Crippen molar-refractivity contribution in [2.75, 3.05) is 11.9 Å². The number of nitrogens with one attached hydrogen (secondary N) is 1. The molecule has 0 aromatic carbocycles. The zero-order valence-corrected chi connectivity index (χ0v) is 10.8. The van der Waals surface area contributed by atoms with Gasteiger partial charge in [0.15, 0.2) is 10.8 Å². The number of hydrogen-bond donors (Lipinski definition) is 2. The molecular weight excluding hydrogens is 236 g/mol. The summed E-state index contributed by atoms with van der Waals surface area (Å²) in [6.45, 7) is 3.23. The molecule has 5 heteroatoms. The topological polar surface area (TPSA) is 62.2 Å². The smallest absolute Gasteiger partial charge is 0.355 e. The van der Waals surface area contributed by atoms with Gasteiger partial charge in [-0.1, -0.05) is 19.8 Å². The molecule has 1 heterocycles. The van der Waals surface area contributed by atoms with Crippen molar-refractivity contribution in [3.8, 4) is 0 Å². The van der Waals surface area contributed by atoms with Crippen LogP contribution in [0.3, 0.4) is 0 Å². The molecule has 2 rings (SSSR count). The van der Waals surface area contributed by atoms with Gasteiger partial charge in [0.05, 0.1) is 0 Å². The molecule has 1 saturated carbocycles. The maximum atomic E-state index is 10.7. The van der Waals surface area contributed by atoms with E-state index in [9.17, 15) is 4.79 Å². The van der Waals surface area contributed by atoms with E-state index < -0.39 is 5.97 Å². The van der Waals surface area contributed by atoms with Crippen LogP contribution in [0.15, 0.2) is 5.38 Å². The maximum Gasteiger partial charge on any atom is 0.355 e. The van der Waals surface area contributed by atoms with E-state index in [0.717, 1.165) is 17.6 Å². The van der Waals surface area contributed by atoms with Crippen LogP contribution in [0.1, 0.15) is 43.1 Å². The lowest BCUT2D eigenvalue weighted by atomic mass is 9.83. The lowest BCUT2D eigenvalue weighted by Gasteiger charge is -2.26. The number of aromatic nitrogens is 1. The Morgan fingerprint density at radius 2 is 2.24 bits per heavy atom. The highest BCUT2D eigenvalue weighted by Crippen LogP contribution is 2.28. The van der Waals surface area contributed by atoms with Gasteiger partial charge in [0, 0.05) is 11.9 Å². The Bertz CT molecular complexity index is 384. The van der Waals surface area contributed by atoms with Gasteiger partial charge < -0.3 is 10.4 Å². The number of carbonyl (C=O) groups is 1. The van der Waals surface area contributed by atoms with E-state index in [0.29, 0.717) is 5.92 Å². The van der Waals surface area contributed by atoms with Gasteiger partial charge in [-0.25, -0.2) is 9.78 Å². The summed E-state index contributed by atoms with van der Waals surface area (Å²) in [5, 5.41) is 14.3. The number of hydrogen-bond acceptors (Lipinski definition) is 4. The first-order chi connectivity index (χ1) is 8.15. The molecule has 0 spiro atoms. The Morgan fingerprint density at radius 1 is 1.53 bits per heavy atom. The zero-order valence-electron chi connectivity index (χ0n) is 9.98. The van der Waals surface area contributed by atoms with E-state index in [1.807, 2.05) is 0 Å². The Kier molecular flexibility index (Phi) is 3.99. The van der Waals surface area contributed by atoms with Crippen LogP contribution in [0, 0.1) is 11.8 Å². The van der Waals surface area contributed by atoms with E-state index in [2.05, 4.69) is 17.2 Å². The fourth-order valence-electron chi connectivity index (χ4n) is 2.22. The second-order valence-corrected chi connectivity index (χ2v) is 5.71. The average Bonchev–Trinajstić information content (AvgIpc) is 2.77. The number of nitrogens with zero attached hydrogens (tertiary/aromatic N) is 1. The molecule has 2 N–H and O–H groups in total. The maximum absolute atomic E-state index is 10.7. The minimum atomic E-state index is -0.958. The average molecular weight is 254 g/mol. The molecule has 0 unspecified atom stereocenters. The molecule has 0 bridgehead atoms. The molecule has 1 fully saturated rings. The Hall–Kier alpha value is -1.10. The monoisotopic (exact) mass is 254 g/mol. The lowest BCUT2D eigenvalue weighted by molar-refractivity contribution is 0.0691. The van der Waals surface area contributed by atoms with E-state index in [-0.39, 0.29) is 5.69 Å². The van der Waals surface area contributed by atoms with Crippen LogP contribution in [-0.4, -0.2) is 22.6 Å². The van der Waals surface area contributed by atoms with E-state index >= 15 is 0 Å². The summed E-state index contributed by atoms with van der Waals surface area (Å²) in [7, 11) is 0. The first-order valence-corrected chi connectivity index (χ1v) is 6.96. The fourth-order valence-corrected chi connectivity index (χ4v) is 2.91. The number of aromatic carboxylic acids is 1. The second-order valence-electron chi connectivity index (χ2n) is 4.85. The molecule has 1 aromatic rings. The SMILES string of the molecule is CC1CCC(CNc2nc(C(=O)O)cs2)CC1. The number of carboxylic acids is 1. The van der Waals surface area contributed by atoms with Crippen molar-refractivity contribution < 1.29 is 9.90 Å². The van der Waals surface area contributed by atoms with Gasteiger partial charge in [0.2, 0.25) is 0 Å². The molecule has 1 aliphatic rings. The quantitative estimate of drug-likeness (QED) is 0.866. The lowest BCUT2D eigenvalue weighted by Crippen LogP contribution is -2.20. The van der Waals surface area contributed by atoms with Crippen LogP contribution in [0.2, 0.25) is 0 Å². The van der Waals surface area contributed by atoms with Crippen molar-refractivity contribution in [1.82, 2.24) is 4.98 Å². The summed E-state index contributed by atoms with van der Waals surface area (Å²) in [4.78, 5) is 14.7. The molecule has 0 atom stereocenters. The predicted octanol–water partition coefficient (Wildman–Crippen LogP) is 3.08. The molecule has 1 aliphatic carbocycles. The molecule has 17 heavy (non-hydrogen) atoms. The van der Waals surface area contributed by atoms with E-state index in [1.165, 1.54) is 37.0 Å². The van der Waals surface area contributed by atoms with Crippen LogP contribution in [0.5, 0.6) is 0 Å². The van der Waals surface area contributed by atoms with Crippen molar-refractivity contribution in [2.24, 2.45) is 11.8 Å². The summed E-state index contributed by atoms with van der Waals surface area (Å²) in [6.07, 6.45) is 5.16. The Balaban J connectivity index is 1.79. The van der Waals surface area contributed by atoms with Crippen molar-refractivity contribution in [3.05, 3.63) is 11.1 Å². The molecule has 4 nitrogen and oxygen atoms in total. The molecule has 0 radical (unpaired) electrons. The van der Waals surface area contributed by atoms with E-state index in [4.69, 9.17) is 5.11 Å². The molecule has 0 saturated heterocycles. The third-order valence-electron chi connectivity index (χ3n) is 3.40. The molecule has 94 valence electrons. The first kappa shape index (κ1) is 12.4. The largest absolute Gasteiger partial charge is 0.476 e. The minimum absolute atomic E-state index is 0.134. The van der Waals surface area contributed by atoms with Crippen LogP contribution < -0.4 is 5.32 Å². The van der Waals surface area contributed by atoms with Crippen molar-refractivity contribution in [3.63, 3.8) is 0 Å². The highest BCUT2D eigenvalue weighted by atomic mass is 32.1. The van der Waals surface area contributed by atoms with Crippen LogP contribution in [0.25, 0.3) is 0 Å². The van der Waals surface area contributed by atoms with Crippen molar-refractivity contribution in [2.45, 2.75) is 32.6 Å². The number of anilines is 1. The van der Waals surface area contributed by atoms with Gasteiger partial charge in [0.1, 0.15) is 0 Å². The second kappa shape index (κ2) is 5.49.